The second kappa shape index (κ2) is 6.77. The Kier molecular flexibility index (Phi) is 5.35. The number of amides is 1. The van der Waals surface area contributed by atoms with Crippen LogP contribution in [0.3, 0.4) is 0 Å². The van der Waals surface area contributed by atoms with Gasteiger partial charge in [-0.05, 0) is 25.0 Å². The first kappa shape index (κ1) is 15.0. The fourth-order valence-electron chi connectivity index (χ4n) is 1.40. The van der Waals surface area contributed by atoms with Gasteiger partial charge in [-0.1, -0.05) is 0 Å². The second-order valence-electron chi connectivity index (χ2n) is 3.87. The van der Waals surface area contributed by atoms with Gasteiger partial charge in [0, 0.05) is 12.8 Å². The molecule has 0 heterocycles. The van der Waals surface area contributed by atoms with Gasteiger partial charge in [0.25, 0.3) is 0 Å². The number of anilines is 1. The number of carbonyl (C=O) groups excluding carboxylic acids is 1. The van der Waals surface area contributed by atoms with Crippen LogP contribution in [0.25, 0.3) is 0 Å². The lowest BCUT2D eigenvalue weighted by atomic mass is 10.2. The summed E-state index contributed by atoms with van der Waals surface area (Å²) < 4.78 is 38.7. The van der Waals surface area contributed by atoms with Crippen LogP contribution in [-0.4, -0.2) is 17.0 Å². The number of hydrogen-bond acceptors (Lipinski definition) is 2. The lowest BCUT2D eigenvalue weighted by Crippen LogP contribution is -2.13. The predicted molar refractivity (Wildman–Crippen MR) is 61.0 cm³/mol. The highest BCUT2D eigenvalue weighted by atomic mass is 19.2. The van der Waals surface area contributed by atoms with Crippen LogP contribution < -0.4 is 5.32 Å². The lowest BCUT2D eigenvalue weighted by molar-refractivity contribution is -0.137. The molecule has 7 heteroatoms. The molecular formula is C12H12F3NO3. The molecule has 0 unspecified atom stereocenters. The summed E-state index contributed by atoms with van der Waals surface area (Å²) in [6, 6.07) is 1.63. The van der Waals surface area contributed by atoms with Crippen LogP contribution in [-0.2, 0) is 9.59 Å². The summed E-state index contributed by atoms with van der Waals surface area (Å²) in [4.78, 5) is 21.6. The summed E-state index contributed by atoms with van der Waals surface area (Å²) in [6.45, 7) is 0. The SMILES string of the molecule is O=C(O)CCCCC(=O)Nc1ccc(F)c(F)c1F. The van der Waals surface area contributed by atoms with Crippen LogP contribution in [0.5, 0.6) is 0 Å². The molecule has 0 aliphatic rings. The number of carboxylic acids is 1. The number of rotatable bonds is 6. The number of carbonyl (C=O) groups is 2. The molecule has 0 fully saturated rings. The smallest absolute Gasteiger partial charge is 0.303 e. The topological polar surface area (TPSA) is 66.4 Å². The summed E-state index contributed by atoms with van der Waals surface area (Å²) >= 11 is 0. The molecule has 0 saturated heterocycles. The minimum absolute atomic E-state index is 0.0221. The number of hydrogen-bond donors (Lipinski definition) is 2. The number of aliphatic carboxylic acids is 1. The molecule has 1 rings (SSSR count). The minimum atomic E-state index is -1.65. The van der Waals surface area contributed by atoms with Crippen LogP contribution in [0.15, 0.2) is 12.1 Å². The van der Waals surface area contributed by atoms with Crippen molar-refractivity contribution >= 4 is 17.6 Å². The highest BCUT2D eigenvalue weighted by Crippen LogP contribution is 2.19. The first-order valence-corrected chi connectivity index (χ1v) is 5.57. The monoisotopic (exact) mass is 275 g/mol. The van der Waals surface area contributed by atoms with Gasteiger partial charge in [0.2, 0.25) is 5.91 Å². The molecule has 0 bridgehead atoms. The number of halogens is 3. The van der Waals surface area contributed by atoms with E-state index >= 15 is 0 Å². The molecule has 0 aliphatic carbocycles. The molecule has 104 valence electrons. The molecule has 0 spiro atoms. The molecule has 2 N–H and O–H groups in total. The van der Waals surface area contributed by atoms with E-state index in [-0.39, 0.29) is 12.8 Å². The summed E-state index contributed by atoms with van der Waals surface area (Å²) in [5.74, 6) is -6.00. The van der Waals surface area contributed by atoms with E-state index in [1.807, 2.05) is 0 Å². The van der Waals surface area contributed by atoms with Crippen molar-refractivity contribution < 1.29 is 27.9 Å². The van der Waals surface area contributed by atoms with Crippen molar-refractivity contribution in [2.24, 2.45) is 0 Å². The van der Waals surface area contributed by atoms with Crippen LogP contribution in [0.1, 0.15) is 25.7 Å². The molecule has 0 aliphatic heterocycles. The highest BCUT2D eigenvalue weighted by molar-refractivity contribution is 5.90. The van der Waals surface area contributed by atoms with Gasteiger partial charge in [0.1, 0.15) is 0 Å². The molecular weight excluding hydrogens is 263 g/mol. The van der Waals surface area contributed by atoms with Crippen molar-refractivity contribution in [1.29, 1.82) is 0 Å². The van der Waals surface area contributed by atoms with Crippen molar-refractivity contribution in [3.8, 4) is 0 Å². The minimum Gasteiger partial charge on any atom is -0.481 e. The van der Waals surface area contributed by atoms with E-state index in [1.54, 1.807) is 0 Å². The van der Waals surface area contributed by atoms with Gasteiger partial charge in [-0.2, -0.15) is 0 Å². The van der Waals surface area contributed by atoms with Crippen LogP contribution in [0.4, 0.5) is 18.9 Å². The number of unbranched alkanes of at least 4 members (excludes halogenated alkanes) is 1. The van der Waals surface area contributed by atoms with E-state index in [9.17, 15) is 22.8 Å². The Morgan fingerprint density at radius 3 is 2.32 bits per heavy atom. The summed E-state index contributed by atoms with van der Waals surface area (Å²) in [5.41, 5.74) is -0.442. The molecule has 1 aromatic rings. The first-order chi connectivity index (χ1) is 8.91. The Hall–Kier alpha value is -2.05. The Labute approximate surface area is 107 Å². The summed E-state index contributed by atoms with van der Waals surface area (Å²) in [5, 5.41) is 10.5. The zero-order valence-electron chi connectivity index (χ0n) is 9.88. The fraction of sp³-hybridized carbons (Fsp3) is 0.333. The van der Waals surface area contributed by atoms with Crippen LogP contribution >= 0.6 is 0 Å². The Morgan fingerprint density at radius 1 is 1.05 bits per heavy atom. The average Bonchev–Trinajstić information content (AvgIpc) is 2.35. The normalized spacial score (nSPS) is 10.3. The van der Waals surface area contributed by atoms with Crippen molar-refractivity contribution in [1.82, 2.24) is 0 Å². The van der Waals surface area contributed by atoms with Gasteiger partial charge in [-0.15, -0.1) is 0 Å². The zero-order valence-corrected chi connectivity index (χ0v) is 9.88. The Balaban J connectivity index is 2.49. The maximum Gasteiger partial charge on any atom is 0.303 e. The highest BCUT2D eigenvalue weighted by Gasteiger charge is 2.14. The molecule has 4 nitrogen and oxygen atoms in total. The van der Waals surface area contributed by atoms with E-state index in [4.69, 9.17) is 5.11 Å². The van der Waals surface area contributed by atoms with Gasteiger partial charge >= 0.3 is 5.97 Å². The van der Waals surface area contributed by atoms with E-state index in [0.29, 0.717) is 18.9 Å². The third kappa shape index (κ3) is 4.61. The Morgan fingerprint density at radius 2 is 1.68 bits per heavy atom. The van der Waals surface area contributed by atoms with E-state index in [1.165, 1.54) is 0 Å². The summed E-state index contributed by atoms with van der Waals surface area (Å²) in [6.07, 6.45) is 0.533. The van der Waals surface area contributed by atoms with Gasteiger partial charge in [-0.25, -0.2) is 13.2 Å². The number of benzene rings is 1. The van der Waals surface area contributed by atoms with E-state index in [0.717, 1.165) is 6.07 Å². The van der Waals surface area contributed by atoms with Gasteiger partial charge in [0.05, 0.1) is 5.69 Å². The number of carboxylic acid groups (broad SMARTS) is 1. The van der Waals surface area contributed by atoms with Crippen molar-refractivity contribution in [3.05, 3.63) is 29.6 Å². The van der Waals surface area contributed by atoms with Crippen molar-refractivity contribution in [2.75, 3.05) is 5.32 Å². The maximum absolute atomic E-state index is 13.2. The van der Waals surface area contributed by atoms with Crippen molar-refractivity contribution in [3.63, 3.8) is 0 Å². The average molecular weight is 275 g/mol. The lowest BCUT2D eigenvalue weighted by Gasteiger charge is -2.07. The molecule has 0 atom stereocenters. The van der Waals surface area contributed by atoms with Gasteiger partial charge in [0.15, 0.2) is 17.5 Å². The van der Waals surface area contributed by atoms with Crippen molar-refractivity contribution in [2.45, 2.75) is 25.7 Å². The fourth-order valence-corrected chi connectivity index (χ4v) is 1.40. The third-order valence-corrected chi connectivity index (χ3v) is 2.35. The largest absolute Gasteiger partial charge is 0.481 e. The molecule has 19 heavy (non-hydrogen) atoms. The molecule has 1 aromatic carbocycles. The van der Waals surface area contributed by atoms with E-state index < -0.39 is 35.0 Å². The molecule has 0 radical (unpaired) electrons. The quantitative estimate of drug-likeness (QED) is 0.619. The summed E-state index contributed by atoms with van der Waals surface area (Å²) in [7, 11) is 0. The third-order valence-electron chi connectivity index (χ3n) is 2.35. The maximum atomic E-state index is 13.2. The van der Waals surface area contributed by atoms with Gasteiger partial charge < -0.3 is 10.4 Å². The molecule has 1 amide bonds. The molecule has 0 saturated carbocycles. The molecule has 0 aromatic heterocycles. The zero-order chi connectivity index (χ0) is 14.4. The first-order valence-electron chi connectivity index (χ1n) is 5.57. The predicted octanol–water partition coefficient (Wildman–Crippen LogP) is 2.69. The van der Waals surface area contributed by atoms with Gasteiger partial charge in [-0.3, -0.25) is 9.59 Å². The number of nitrogens with one attached hydrogen (secondary N) is 1. The second-order valence-corrected chi connectivity index (χ2v) is 3.87. The van der Waals surface area contributed by atoms with Crippen LogP contribution in [0, 0.1) is 17.5 Å². The van der Waals surface area contributed by atoms with Crippen LogP contribution in [0.2, 0.25) is 0 Å². The van der Waals surface area contributed by atoms with E-state index in [2.05, 4.69) is 5.32 Å². The Bertz CT molecular complexity index is 491. The standard InChI is InChI=1S/C12H12F3NO3/c13-7-5-6-8(12(15)11(7)14)16-9(17)3-1-2-4-10(18)19/h5-6H,1-4H2,(H,16,17)(H,18,19).